The van der Waals surface area contributed by atoms with Crippen molar-refractivity contribution in [1.82, 2.24) is 20.4 Å². The van der Waals surface area contributed by atoms with Crippen LogP contribution in [0.2, 0.25) is 0 Å². The maximum absolute atomic E-state index is 12.6. The predicted octanol–water partition coefficient (Wildman–Crippen LogP) is 3.15. The molecule has 0 aromatic heterocycles. The number of rotatable bonds is 11. The number of carbonyl (C=O) groups is 3. The molecule has 7 heteroatoms. The van der Waals surface area contributed by atoms with Gasteiger partial charge in [0.15, 0.2) is 0 Å². The van der Waals surface area contributed by atoms with E-state index < -0.39 is 0 Å². The second-order valence-electron chi connectivity index (χ2n) is 8.35. The summed E-state index contributed by atoms with van der Waals surface area (Å²) >= 11 is 0. The molecule has 0 bridgehead atoms. The standard InChI is InChI=1S/C24H38N4O3/c1-3-4-5-9-15-25-23(30)21-13-10-17-28(19-21)22(29)14-16-26-24(31)27(2)18-20-11-7-6-8-12-20/h6-8,11-12,21H,3-5,9-10,13-19H2,1-2H3,(H,25,30)(H,26,31). The second kappa shape index (κ2) is 13.7. The molecule has 31 heavy (non-hydrogen) atoms. The van der Waals surface area contributed by atoms with E-state index in [1.165, 1.54) is 12.8 Å². The van der Waals surface area contributed by atoms with Gasteiger partial charge in [-0.2, -0.15) is 0 Å². The van der Waals surface area contributed by atoms with Crippen LogP contribution in [0.3, 0.4) is 0 Å². The van der Waals surface area contributed by atoms with E-state index in [4.69, 9.17) is 0 Å². The number of unbranched alkanes of at least 4 members (excludes halogenated alkanes) is 3. The van der Waals surface area contributed by atoms with Crippen LogP contribution in [0.25, 0.3) is 0 Å². The van der Waals surface area contributed by atoms with Crippen molar-refractivity contribution in [2.24, 2.45) is 5.92 Å². The number of benzene rings is 1. The van der Waals surface area contributed by atoms with Crippen molar-refractivity contribution in [3.8, 4) is 0 Å². The van der Waals surface area contributed by atoms with Crippen molar-refractivity contribution < 1.29 is 14.4 Å². The Hall–Kier alpha value is -2.57. The Kier molecular flexibility index (Phi) is 10.9. The zero-order valence-electron chi connectivity index (χ0n) is 19.1. The Morgan fingerprint density at radius 3 is 2.58 bits per heavy atom. The molecule has 1 unspecified atom stereocenters. The Bertz CT molecular complexity index is 695. The van der Waals surface area contributed by atoms with Gasteiger partial charge in [-0.15, -0.1) is 0 Å². The summed E-state index contributed by atoms with van der Waals surface area (Å²) in [6, 6.07) is 9.58. The Balaban J connectivity index is 1.66. The first-order valence-electron chi connectivity index (χ1n) is 11.6. The lowest BCUT2D eigenvalue weighted by molar-refractivity contribution is -0.135. The zero-order chi connectivity index (χ0) is 22.5. The van der Waals surface area contributed by atoms with E-state index in [-0.39, 0.29) is 30.2 Å². The van der Waals surface area contributed by atoms with Crippen LogP contribution >= 0.6 is 0 Å². The molecule has 0 saturated carbocycles. The number of amides is 4. The monoisotopic (exact) mass is 430 g/mol. The molecule has 1 fully saturated rings. The molecule has 1 aromatic carbocycles. The van der Waals surface area contributed by atoms with E-state index in [0.717, 1.165) is 31.2 Å². The molecule has 1 aliphatic heterocycles. The van der Waals surface area contributed by atoms with Crippen LogP contribution in [0, 0.1) is 5.92 Å². The van der Waals surface area contributed by atoms with Gasteiger partial charge in [-0.25, -0.2) is 4.79 Å². The summed E-state index contributed by atoms with van der Waals surface area (Å²) in [7, 11) is 1.74. The smallest absolute Gasteiger partial charge is 0.317 e. The lowest BCUT2D eigenvalue weighted by Gasteiger charge is -2.32. The minimum absolute atomic E-state index is 0.00791. The predicted molar refractivity (Wildman–Crippen MR) is 122 cm³/mol. The van der Waals surface area contributed by atoms with E-state index in [1.807, 2.05) is 30.3 Å². The number of likely N-dealkylation sites (tertiary alicyclic amines) is 1. The molecule has 0 spiro atoms. The van der Waals surface area contributed by atoms with E-state index in [9.17, 15) is 14.4 Å². The molecule has 1 heterocycles. The SMILES string of the molecule is CCCCCCNC(=O)C1CCCN(C(=O)CCNC(=O)N(C)Cc2ccccc2)C1. The average Bonchev–Trinajstić information content (AvgIpc) is 2.79. The van der Waals surface area contributed by atoms with E-state index in [2.05, 4.69) is 17.6 Å². The molecule has 0 aliphatic carbocycles. The first-order valence-corrected chi connectivity index (χ1v) is 11.6. The van der Waals surface area contributed by atoms with Gasteiger partial charge in [0.05, 0.1) is 5.92 Å². The van der Waals surface area contributed by atoms with Crippen molar-refractivity contribution in [2.45, 2.75) is 58.4 Å². The van der Waals surface area contributed by atoms with Gasteiger partial charge in [0.2, 0.25) is 11.8 Å². The number of hydrogen-bond donors (Lipinski definition) is 2. The number of carbonyl (C=O) groups excluding carboxylic acids is 3. The average molecular weight is 431 g/mol. The van der Waals surface area contributed by atoms with Gasteiger partial charge in [0, 0.05) is 46.2 Å². The van der Waals surface area contributed by atoms with Crippen LogP contribution in [0.15, 0.2) is 30.3 Å². The summed E-state index contributed by atoms with van der Waals surface area (Å²) in [5, 5.41) is 5.83. The highest BCUT2D eigenvalue weighted by Gasteiger charge is 2.28. The fraction of sp³-hybridized carbons (Fsp3) is 0.625. The van der Waals surface area contributed by atoms with Crippen LogP contribution in [0.5, 0.6) is 0 Å². The highest BCUT2D eigenvalue weighted by molar-refractivity contribution is 5.81. The minimum Gasteiger partial charge on any atom is -0.356 e. The van der Waals surface area contributed by atoms with Gasteiger partial charge >= 0.3 is 6.03 Å². The van der Waals surface area contributed by atoms with Crippen LogP contribution in [0.1, 0.15) is 57.4 Å². The van der Waals surface area contributed by atoms with Gasteiger partial charge in [0.1, 0.15) is 0 Å². The maximum atomic E-state index is 12.6. The number of nitrogens with zero attached hydrogens (tertiary/aromatic N) is 2. The summed E-state index contributed by atoms with van der Waals surface area (Å²) in [6.07, 6.45) is 6.43. The summed E-state index contributed by atoms with van der Waals surface area (Å²) in [5.41, 5.74) is 1.05. The Morgan fingerprint density at radius 2 is 1.84 bits per heavy atom. The molecule has 7 nitrogen and oxygen atoms in total. The first-order chi connectivity index (χ1) is 15.0. The first kappa shape index (κ1) is 24.7. The summed E-state index contributed by atoms with van der Waals surface area (Å²) < 4.78 is 0. The second-order valence-corrected chi connectivity index (χ2v) is 8.35. The topological polar surface area (TPSA) is 81.8 Å². The fourth-order valence-corrected chi connectivity index (χ4v) is 3.82. The van der Waals surface area contributed by atoms with Crippen molar-refractivity contribution in [3.63, 3.8) is 0 Å². The van der Waals surface area contributed by atoms with E-state index in [1.54, 1.807) is 16.8 Å². The lowest BCUT2D eigenvalue weighted by atomic mass is 9.96. The third kappa shape index (κ3) is 8.99. The van der Waals surface area contributed by atoms with Gasteiger partial charge in [-0.3, -0.25) is 9.59 Å². The Labute approximate surface area is 186 Å². The van der Waals surface area contributed by atoms with Crippen LogP contribution < -0.4 is 10.6 Å². The number of nitrogens with one attached hydrogen (secondary N) is 2. The van der Waals surface area contributed by atoms with Crippen molar-refractivity contribution in [3.05, 3.63) is 35.9 Å². The van der Waals surface area contributed by atoms with Crippen LogP contribution in [-0.2, 0) is 16.1 Å². The zero-order valence-corrected chi connectivity index (χ0v) is 19.1. The molecule has 1 saturated heterocycles. The van der Waals surface area contributed by atoms with Crippen molar-refractivity contribution >= 4 is 17.8 Å². The largest absolute Gasteiger partial charge is 0.356 e. The number of urea groups is 1. The number of piperidine rings is 1. The molecule has 0 radical (unpaired) electrons. The highest BCUT2D eigenvalue weighted by atomic mass is 16.2. The fourth-order valence-electron chi connectivity index (χ4n) is 3.82. The molecular formula is C24H38N4O3. The molecule has 172 valence electrons. The maximum Gasteiger partial charge on any atom is 0.317 e. The minimum atomic E-state index is -0.198. The third-order valence-electron chi connectivity index (χ3n) is 5.70. The van der Waals surface area contributed by atoms with Crippen LogP contribution in [0.4, 0.5) is 4.79 Å². The molecule has 2 rings (SSSR count). The van der Waals surface area contributed by atoms with Gasteiger partial charge < -0.3 is 20.4 Å². The van der Waals surface area contributed by atoms with Crippen LogP contribution in [-0.4, -0.2) is 60.9 Å². The van der Waals surface area contributed by atoms with E-state index in [0.29, 0.717) is 32.7 Å². The molecule has 2 N–H and O–H groups in total. The normalized spacial score (nSPS) is 15.9. The van der Waals surface area contributed by atoms with Gasteiger partial charge in [-0.05, 0) is 24.8 Å². The van der Waals surface area contributed by atoms with Crippen molar-refractivity contribution in [2.75, 3.05) is 33.2 Å². The Morgan fingerprint density at radius 1 is 1.06 bits per heavy atom. The van der Waals surface area contributed by atoms with E-state index >= 15 is 0 Å². The molecule has 1 aliphatic rings. The molecule has 4 amide bonds. The summed E-state index contributed by atoms with van der Waals surface area (Å²) in [6.45, 7) is 4.85. The molecule has 1 atom stereocenters. The molecular weight excluding hydrogens is 392 g/mol. The lowest BCUT2D eigenvalue weighted by Crippen LogP contribution is -2.46. The highest BCUT2D eigenvalue weighted by Crippen LogP contribution is 2.17. The summed E-state index contributed by atoms with van der Waals surface area (Å²) in [4.78, 5) is 40.6. The molecule has 1 aromatic rings. The third-order valence-corrected chi connectivity index (χ3v) is 5.70. The quantitative estimate of drug-likeness (QED) is 0.529. The summed E-state index contributed by atoms with van der Waals surface area (Å²) in [5.74, 6) is -0.0771. The van der Waals surface area contributed by atoms with Gasteiger partial charge in [0.25, 0.3) is 0 Å². The van der Waals surface area contributed by atoms with Gasteiger partial charge in [-0.1, -0.05) is 56.5 Å². The number of hydrogen-bond acceptors (Lipinski definition) is 3. The van der Waals surface area contributed by atoms with Crippen molar-refractivity contribution in [1.29, 1.82) is 0 Å².